The number of aliphatic hydroxyl groups is 2. The standard InChI is InChI=1S/C89H177NO5/c1-3-5-7-9-11-13-15-17-19-21-23-24-25-37-40-43-46-49-53-57-61-65-69-73-77-81-87(92)86(85-91)90-88(93)82-78-74-70-66-62-58-54-50-47-44-41-38-35-33-31-29-27-26-28-30-32-34-36-39-42-45-48-52-56-60-64-68-72-76-80-84-95-89(94)83-79-75-71-67-63-59-55-51-22-20-18-16-14-12-10-8-6-4-2/h86-87,91-92H,3-85H2,1-2H3,(H,90,93). The normalized spacial score (nSPS) is 12.3. The molecule has 2 unspecified atom stereocenters. The zero-order chi connectivity index (χ0) is 68.4. The van der Waals surface area contributed by atoms with Crippen LogP contribution in [0.4, 0.5) is 0 Å². The van der Waals surface area contributed by atoms with Crippen LogP contribution in [0.2, 0.25) is 0 Å². The monoisotopic (exact) mass is 1340 g/mol. The van der Waals surface area contributed by atoms with Gasteiger partial charge in [-0.1, -0.05) is 495 Å². The van der Waals surface area contributed by atoms with Crippen molar-refractivity contribution in [1.82, 2.24) is 5.32 Å². The summed E-state index contributed by atoms with van der Waals surface area (Å²) in [5.41, 5.74) is 0. The van der Waals surface area contributed by atoms with Crippen LogP contribution in [0, 0.1) is 0 Å². The molecule has 0 aliphatic carbocycles. The minimum Gasteiger partial charge on any atom is -0.466 e. The molecule has 0 heterocycles. The molecule has 0 spiro atoms. The molecule has 0 aliphatic heterocycles. The van der Waals surface area contributed by atoms with E-state index in [1.54, 1.807) is 0 Å². The molecule has 0 aromatic rings. The van der Waals surface area contributed by atoms with Crippen LogP contribution in [0.15, 0.2) is 0 Å². The molecule has 3 N–H and O–H groups in total. The lowest BCUT2D eigenvalue weighted by Gasteiger charge is -2.22. The predicted octanol–water partition coefficient (Wildman–Crippen LogP) is 30.0. The Bertz CT molecular complexity index is 1410. The SMILES string of the molecule is CCCCCCCCCCCCCCCCCCCCCCCCCCCC(O)C(CO)NC(=O)CCCCCCCCCCCCCCCCCCCCCCCCCCCCCCCCCCCCCOC(=O)CCCCCCCCCCCCCCCCCCCC. The smallest absolute Gasteiger partial charge is 0.305 e. The third-order valence-corrected chi connectivity index (χ3v) is 21.7. The highest BCUT2D eigenvalue weighted by Gasteiger charge is 2.20. The number of unbranched alkanes of at least 4 members (excludes halogenated alkanes) is 75. The molecule has 6 heteroatoms. The summed E-state index contributed by atoms with van der Waals surface area (Å²) in [6, 6.07) is -0.538. The second-order valence-corrected chi connectivity index (χ2v) is 31.3. The van der Waals surface area contributed by atoms with Crippen molar-refractivity contribution in [2.75, 3.05) is 13.2 Å². The molecule has 0 aromatic carbocycles. The number of amides is 1. The van der Waals surface area contributed by atoms with Crippen LogP contribution in [-0.2, 0) is 14.3 Å². The Hall–Kier alpha value is -1.14. The van der Waals surface area contributed by atoms with E-state index >= 15 is 0 Å². The van der Waals surface area contributed by atoms with Gasteiger partial charge in [0.1, 0.15) is 0 Å². The fourth-order valence-electron chi connectivity index (χ4n) is 14.9. The zero-order valence-corrected chi connectivity index (χ0v) is 65.5. The van der Waals surface area contributed by atoms with E-state index in [1.807, 2.05) is 0 Å². The molecule has 0 bridgehead atoms. The van der Waals surface area contributed by atoms with Crippen LogP contribution < -0.4 is 5.32 Å². The molecule has 0 rings (SSSR count). The van der Waals surface area contributed by atoms with Crippen LogP contribution in [0.5, 0.6) is 0 Å². The Morgan fingerprint density at radius 2 is 0.432 bits per heavy atom. The molecule has 6 nitrogen and oxygen atoms in total. The Balaban J connectivity index is 3.30. The van der Waals surface area contributed by atoms with Crippen LogP contribution in [0.3, 0.4) is 0 Å². The van der Waals surface area contributed by atoms with Crippen molar-refractivity contribution in [3.63, 3.8) is 0 Å². The van der Waals surface area contributed by atoms with Crippen LogP contribution in [-0.4, -0.2) is 47.4 Å². The van der Waals surface area contributed by atoms with Crippen molar-refractivity contribution < 1.29 is 24.5 Å². The van der Waals surface area contributed by atoms with E-state index in [4.69, 9.17) is 4.74 Å². The Labute approximate surface area is 597 Å². The second kappa shape index (κ2) is 85.3. The largest absolute Gasteiger partial charge is 0.466 e. The molecule has 0 aliphatic rings. The van der Waals surface area contributed by atoms with E-state index < -0.39 is 12.1 Å². The molecule has 0 saturated heterocycles. The maximum Gasteiger partial charge on any atom is 0.305 e. The van der Waals surface area contributed by atoms with Gasteiger partial charge in [0.25, 0.3) is 0 Å². The fraction of sp³-hybridized carbons (Fsp3) is 0.978. The number of carbonyl (C=O) groups is 2. The number of carbonyl (C=O) groups excluding carboxylic acids is 2. The molecular weight excluding hydrogens is 1160 g/mol. The molecule has 0 radical (unpaired) electrons. The highest BCUT2D eigenvalue weighted by atomic mass is 16.5. The lowest BCUT2D eigenvalue weighted by molar-refractivity contribution is -0.143. The van der Waals surface area contributed by atoms with Gasteiger partial charge >= 0.3 is 5.97 Å². The summed E-state index contributed by atoms with van der Waals surface area (Å²) in [5, 5.41) is 23.5. The van der Waals surface area contributed by atoms with Crippen molar-refractivity contribution >= 4 is 11.9 Å². The van der Waals surface area contributed by atoms with E-state index in [-0.39, 0.29) is 18.5 Å². The molecule has 95 heavy (non-hydrogen) atoms. The zero-order valence-electron chi connectivity index (χ0n) is 65.5. The van der Waals surface area contributed by atoms with Gasteiger partial charge in [-0.2, -0.15) is 0 Å². The average molecular weight is 1340 g/mol. The van der Waals surface area contributed by atoms with Gasteiger partial charge in [-0.25, -0.2) is 0 Å². The Morgan fingerprint density at radius 3 is 0.642 bits per heavy atom. The number of rotatable bonds is 86. The first-order valence-electron chi connectivity index (χ1n) is 44.8. The summed E-state index contributed by atoms with van der Waals surface area (Å²) in [6.45, 7) is 5.04. The first-order chi connectivity index (χ1) is 47.0. The van der Waals surface area contributed by atoms with Gasteiger partial charge in [0, 0.05) is 12.8 Å². The van der Waals surface area contributed by atoms with Gasteiger partial charge in [-0.15, -0.1) is 0 Å². The van der Waals surface area contributed by atoms with Gasteiger partial charge in [0.2, 0.25) is 5.91 Å². The van der Waals surface area contributed by atoms with E-state index in [0.717, 1.165) is 38.5 Å². The summed E-state index contributed by atoms with van der Waals surface area (Å²) in [5.74, 6) is 0.00659. The van der Waals surface area contributed by atoms with Gasteiger partial charge in [-0.3, -0.25) is 9.59 Å². The minimum atomic E-state index is -0.661. The summed E-state index contributed by atoms with van der Waals surface area (Å²) in [4.78, 5) is 24.7. The van der Waals surface area contributed by atoms with Crippen molar-refractivity contribution in [2.24, 2.45) is 0 Å². The number of aliphatic hydroxyl groups excluding tert-OH is 2. The highest BCUT2D eigenvalue weighted by molar-refractivity contribution is 5.76. The van der Waals surface area contributed by atoms with Crippen LogP contribution in [0.25, 0.3) is 0 Å². The highest BCUT2D eigenvalue weighted by Crippen LogP contribution is 2.22. The topological polar surface area (TPSA) is 95.9 Å². The number of esters is 1. The van der Waals surface area contributed by atoms with Crippen molar-refractivity contribution in [1.29, 1.82) is 0 Å². The predicted molar refractivity (Wildman–Crippen MR) is 421 cm³/mol. The van der Waals surface area contributed by atoms with Gasteiger partial charge in [0.05, 0.1) is 25.4 Å². The molecule has 568 valence electrons. The second-order valence-electron chi connectivity index (χ2n) is 31.3. The number of nitrogens with one attached hydrogen (secondary N) is 1. The average Bonchev–Trinajstić information content (AvgIpc) is 3.42. The molecular formula is C89H177NO5. The van der Waals surface area contributed by atoms with Gasteiger partial charge in [-0.05, 0) is 25.7 Å². The summed E-state index contributed by atoms with van der Waals surface area (Å²) >= 11 is 0. The Morgan fingerprint density at radius 1 is 0.253 bits per heavy atom. The van der Waals surface area contributed by atoms with Crippen molar-refractivity contribution in [3.8, 4) is 0 Å². The van der Waals surface area contributed by atoms with Crippen LogP contribution >= 0.6 is 0 Å². The third kappa shape index (κ3) is 81.7. The molecule has 0 fully saturated rings. The molecule has 0 aromatic heterocycles. The molecule has 2 atom stereocenters. The lowest BCUT2D eigenvalue weighted by atomic mass is 10.0. The van der Waals surface area contributed by atoms with Crippen molar-refractivity contribution in [2.45, 2.75) is 546 Å². The number of hydrogen-bond acceptors (Lipinski definition) is 5. The summed E-state index contributed by atoms with van der Waals surface area (Å²) in [7, 11) is 0. The van der Waals surface area contributed by atoms with Gasteiger partial charge < -0.3 is 20.3 Å². The first-order valence-corrected chi connectivity index (χ1v) is 44.8. The van der Waals surface area contributed by atoms with Crippen LogP contribution in [0.1, 0.15) is 534 Å². The lowest BCUT2D eigenvalue weighted by Crippen LogP contribution is -2.45. The van der Waals surface area contributed by atoms with Gasteiger partial charge in [0.15, 0.2) is 0 Å². The quantitative estimate of drug-likeness (QED) is 0.0417. The van der Waals surface area contributed by atoms with Crippen molar-refractivity contribution in [3.05, 3.63) is 0 Å². The fourth-order valence-corrected chi connectivity index (χ4v) is 14.9. The third-order valence-electron chi connectivity index (χ3n) is 21.7. The summed E-state index contributed by atoms with van der Waals surface area (Å²) < 4.78 is 5.53. The first kappa shape index (κ1) is 93.9. The molecule has 1 amide bonds. The van der Waals surface area contributed by atoms with E-state index in [9.17, 15) is 19.8 Å². The maximum absolute atomic E-state index is 12.6. The molecule has 0 saturated carbocycles. The Kier molecular flexibility index (Phi) is 84.2. The maximum atomic E-state index is 12.6. The number of ether oxygens (including phenoxy) is 1. The van der Waals surface area contributed by atoms with E-state index in [2.05, 4.69) is 19.2 Å². The summed E-state index contributed by atoms with van der Waals surface area (Å²) in [6.07, 6.45) is 108. The minimum absolute atomic E-state index is 0.0223. The number of hydrogen-bond donors (Lipinski definition) is 3. The van der Waals surface area contributed by atoms with E-state index in [0.29, 0.717) is 25.9 Å². The van der Waals surface area contributed by atoms with E-state index in [1.165, 1.54) is 462 Å².